The number of rotatable bonds is 3. The summed E-state index contributed by atoms with van der Waals surface area (Å²) in [4.78, 5) is 16.2. The molecule has 1 amide bonds. The topological polar surface area (TPSA) is 66.9 Å². The van der Waals surface area contributed by atoms with E-state index in [2.05, 4.69) is 0 Å². The smallest absolute Gasteiger partial charge is 0.267 e. The van der Waals surface area contributed by atoms with Crippen molar-refractivity contribution in [2.75, 3.05) is 25.1 Å². The van der Waals surface area contributed by atoms with Gasteiger partial charge < -0.3 is 14.5 Å². The molecule has 4 rings (SSSR count). The Hall–Kier alpha value is -2.22. The van der Waals surface area contributed by atoms with E-state index in [-0.39, 0.29) is 9.80 Å². The van der Waals surface area contributed by atoms with Gasteiger partial charge in [-0.1, -0.05) is 23.2 Å². The van der Waals surface area contributed by atoms with Crippen LogP contribution in [0.4, 0.5) is 11.4 Å². The maximum Gasteiger partial charge on any atom is 0.267 e. The molecule has 9 heteroatoms. The quantitative estimate of drug-likeness (QED) is 0.650. The molecule has 0 atom stereocenters. The lowest BCUT2D eigenvalue weighted by Gasteiger charge is -2.32. The highest BCUT2D eigenvalue weighted by molar-refractivity contribution is 7.96. The fraction of sp³-hybridized carbons (Fsp3) is 0.286. The van der Waals surface area contributed by atoms with E-state index in [0.717, 1.165) is 19.3 Å². The molecule has 158 valence electrons. The molecular weight excluding hydrogens is 447 g/mol. The van der Waals surface area contributed by atoms with Gasteiger partial charge in [-0.2, -0.15) is 0 Å². The Labute approximate surface area is 185 Å². The second kappa shape index (κ2) is 8.13. The number of benzene rings is 2. The highest BCUT2D eigenvalue weighted by Gasteiger charge is 2.38. The zero-order valence-electron chi connectivity index (χ0n) is 16.3. The van der Waals surface area contributed by atoms with Gasteiger partial charge in [-0.3, -0.25) is 4.79 Å². The van der Waals surface area contributed by atoms with Crippen molar-refractivity contribution in [1.82, 2.24) is 4.90 Å². The Morgan fingerprint density at radius 3 is 2.43 bits per heavy atom. The molecule has 0 aromatic heterocycles. The third-order valence-corrected chi connectivity index (χ3v) is 7.59. The van der Waals surface area contributed by atoms with Gasteiger partial charge in [-0.25, -0.2) is 8.42 Å². The summed E-state index contributed by atoms with van der Waals surface area (Å²) in [6.45, 7) is 1.10. The van der Waals surface area contributed by atoms with Crippen LogP contribution in [0.25, 0.3) is 0 Å². The molecule has 0 radical (unpaired) electrons. The molecule has 2 aliphatic rings. The second-order valence-corrected chi connectivity index (χ2v) is 9.88. The highest BCUT2D eigenvalue weighted by Crippen LogP contribution is 2.42. The predicted octanol–water partition coefficient (Wildman–Crippen LogP) is 4.78. The molecule has 0 N–H and O–H groups in total. The van der Waals surface area contributed by atoms with Crippen LogP contribution in [0.5, 0.6) is 5.75 Å². The summed E-state index contributed by atoms with van der Waals surface area (Å²) in [7, 11) is -2.49. The van der Waals surface area contributed by atoms with E-state index in [1.807, 2.05) is 0 Å². The normalized spacial score (nSPS) is 17.9. The van der Waals surface area contributed by atoms with Crippen molar-refractivity contribution in [3.05, 3.63) is 57.5 Å². The summed E-state index contributed by atoms with van der Waals surface area (Å²) in [6.07, 6.45) is 4.13. The van der Waals surface area contributed by atoms with Gasteiger partial charge in [0.15, 0.2) is 4.91 Å². The van der Waals surface area contributed by atoms with Crippen LogP contribution in [-0.4, -0.2) is 39.4 Å². The average molecular weight is 467 g/mol. The number of likely N-dealkylation sites (tertiary alicyclic amines) is 1. The van der Waals surface area contributed by atoms with Gasteiger partial charge in [0.2, 0.25) is 9.84 Å². The summed E-state index contributed by atoms with van der Waals surface area (Å²) < 4.78 is 31.8. The number of sulfone groups is 1. The van der Waals surface area contributed by atoms with Crippen molar-refractivity contribution >= 4 is 50.3 Å². The number of anilines is 2. The van der Waals surface area contributed by atoms with Crippen molar-refractivity contribution in [1.29, 1.82) is 0 Å². The zero-order valence-corrected chi connectivity index (χ0v) is 18.6. The molecule has 30 heavy (non-hydrogen) atoms. The van der Waals surface area contributed by atoms with Crippen LogP contribution < -0.4 is 9.64 Å². The minimum atomic E-state index is -4.00. The van der Waals surface area contributed by atoms with E-state index in [9.17, 15) is 13.2 Å². The first kappa shape index (κ1) is 21.0. The van der Waals surface area contributed by atoms with Gasteiger partial charge in [-0.05, 0) is 55.7 Å². The lowest BCUT2D eigenvalue weighted by molar-refractivity contribution is -0.127. The van der Waals surface area contributed by atoms with Crippen molar-refractivity contribution in [3.8, 4) is 5.75 Å². The van der Waals surface area contributed by atoms with Gasteiger partial charge in [0, 0.05) is 30.0 Å². The SMILES string of the molecule is COc1ccc(N2C=C(C(=O)N3CCCCC3)S(=O)(=O)c3ccc(Cl)cc32)cc1Cl. The molecule has 0 saturated carbocycles. The van der Waals surface area contributed by atoms with Crippen LogP contribution in [0.3, 0.4) is 0 Å². The van der Waals surface area contributed by atoms with Crippen molar-refractivity contribution in [3.63, 3.8) is 0 Å². The maximum absolute atomic E-state index is 13.3. The molecule has 2 aromatic rings. The van der Waals surface area contributed by atoms with Crippen molar-refractivity contribution < 1.29 is 17.9 Å². The van der Waals surface area contributed by atoms with E-state index >= 15 is 0 Å². The van der Waals surface area contributed by atoms with Crippen LogP contribution >= 0.6 is 23.2 Å². The van der Waals surface area contributed by atoms with E-state index in [1.165, 1.54) is 25.4 Å². The number of piperidine rings is 1. The molecule has 0 aliphatic carbocycles. The lowest BCUT2D eigenvalue weighted by Crippen LogP contribution is -2.39. The average Bonchev–Trinajstić information content (AvgIpc) is 2.73. The van der Waals surface area contributed by atoms with Gasteiger partial charge >= 0.3 is 0 Å². The Balaban J connectivity index is 1.87. The van der Waals surface area contributed by atoms with Crippen LogP contribution in [0.2, 0.25) is 10.0 Å². The van der Waals surface area contributed by atoms with E-state index in [1.54, 1.807) is 34.1 Å². The number of ether oxygens (including phenoxy) is 1. The first-order valence-electron chi connectivity index (χ1n) is 9.51. The fourth-order valence-corrected chi connectivity index (χ4v) is 5.66. The highest BCUT2D eigenvalue weighted by atomic mass is 35.5. The van der Waals surface area contributed by atoms with Gasteiger partial charge in [0.1, 0.15) is 5.75 Å². The molecule has 1 fully saturated rings. The standard InChI is InChI=1S/C21H20Cl2N2O4S/c1-29-18-7-6-15(12-16(18)23)25-13-20(21(26)24-9-3-2-4-10-24)30(27,28)19-8-5-14(22)11-17(19)25/h5-8,11-13H,2-4,9-10H2,1H3. The number of nitrogens with zero attached hydrogens (tertiary/aromatic N) is 2. The lowest BCUT2D eigenvalue weighted by atomic mass is 10.1. The number of amides is 1. The summed E-state index contributed by atoms with van der Waals surface area (Å²) in [5, 5.41) is 0.747. The summed E-state index contributed by atoms with van der Waals surface area (Å²) in [5.74, 6) is 0.00451. The number of hydrogen-bond donors (Lipinski definition) is 0. The number of hydrogen-bond acceptors (Lipinski definition) is 5. The molecule has 0 bridgehead atoms. The molecule has 0 spiro atoms. The van der Waals surface area contributed by atoms with Crippen LogP contribution in [0.15, 0.2) is 52.4 Å². The van der Waals surface area contributed by atoms with Crippen LogP contribution in [0.1, 0.15) is 19.3 Å². The van der Waals surface area contributed by atoms with Crippen LogP contribution in [0, 0.1) is 0 Å². The zero-order chi connectivity index (χ0) is 21.5. The van der Waals surface area contributed by atoms with Crippen molar-refractivity contribution in [2.45, 2.75) is 24.2 Å². The molecule has 6 nitrogen and oxygen atoms in total. The van der Waals surface area contributed by atoms with E-state index in [0.29, 0.717) is 40.3 Å². The number of carbonyl (C=O) groups is 1. The van der Waals surface area contributed by atoms with Gasteiger partial charge in [-0.15, -0.1) is 0 Å². The molecular formula is C21H20Cl2N2O4S. The van der Waals surface area contributed by atoms with Gasteiger partial charge in [0.25, 0.3) is 5.91 Å². The monoisotopic (exact) mass is 466 g/mol. The predicted molar refractivity (Wildman–Crippen MR) is 117 cm³/mol. The number of carbonyl (C=O) groups excluding carboxylic acids is 1. The Morgan fingerprint density at radius 2 is 1.77 bits per heavy atom. The van der Waals surface area contributed by atoms with Gasteiger partial charge in [0.05, 0.1) is 22.7 Å². The number of methoxy groups -OCH3 is 1. The van der Waals surface area contributed by atoms with E-state index < -0.39 is 15.7 Å². The fourth-order valence-electron chi connectivity index (χ4n) is 3.72. The second-order valence-electron chi connectivity index (χ2n) is 7.15. The number of fused-ring (bicyclic) bond motifs is 1. The third kappa shape index (κ3) is 3.66. The first-order valence-corrected chi connectivity index (χ1v) is 11.8. The molecule has 2 aliphatic heterocycles. The minimum Gasteiger partial charge on any atom is -0.495 e. The van der Waals surface area contributed by atoms with Crippen molar-refractivity contribution in [2.24, 2.45) is 0 Å². The molecule has 0 unspecified atom stereocenters. The Bertz CT molecular complexity index is 1140. The largest absolute Gasteiger partial charge is 0.495 e. The molecule has 2 heterocycles. The first-order chi connectivity index (χ1) is 14.3. The molecule has 1 saturated heterocycles. The molecule has 2 aromatic carbocycles. The third-order valence-electron chi connectivity index (χ3n) is 5.27. The van der Waals surface area contributed by atoms with E-state index in [4.69, 9.17) is 27.9 Å². The Morgan fingerprint density at radius 1 is 1.03 bits per heavy atom. The summed E-state index contributed by atoms with van der Waals surface area (Å²) >= 11 is 12.5. The minimum absolute atomic E-state index is 0.0294. The summed E-state index contributed by atoms with van der Waals surface area (Å²) in [6, 6.07) is 9.58. The number of halogens is 2. The Kier molecular flexibility index (Phi) is 5.70. The summed E-state index contributed by atoms with van der Waals surface area (Å²) in [5.41, 5.74) is 0.946. The maximum atomic E-state index is 13.3. The van der Waals surface area contributed by atoms with Crippen LogP contribution in [-0.2, 0) is 14.6 Å².